The topological polar surface area (TPSA) is 97.4 Å². The van der Waals surface area contributed by atoms with Crippen molar-refractivity contribution >= 4 is 27.3 Å². The highest BCUT2D eigenvalue weighted by molar-refractivity contribution is 7.91. The molecule has 160 valence electrons. The SMILES string of the molecule is CN(C)S(=O)(=O)c1ccc(CNC(=O)c2cc(-c3ccco3)nn2-c2ccccc2)s1. The molecule has 0 spiro atoms. The van der Waals surface area contributed by atoms with Crippen LogP contribution in [-0.2, 0) is 16.6 Å². The van der Waals surface area contributed by atoms with Crippen LogP contribution >= 0.6 is 11.3 Å². The Morgan fingerprint density at radius 3 is 2.58 bits per heavy atom. The molecule has 0 atom stereocenters. The summed E-state index contributed by atoms with van der Waals surface area (Å²) in [6.07, 6.45) is 1.55. The van der Waals surface area contributed by atoms with E-state index in [0.717, 1.165) is 26.2 Å². The summed E-state index contributed by atoms with van der Waals surface area (Å²) in [5.74, 6) is 0.222. The van der Waals surface area contributed by atoms with Crippen molar-refractivity contribution in [1.82, 2.24) is 19.4 Å². The van der Waals surface area contributed by atoms with Gasteiger partial charge in [0.2, 0.25) is 0 Å². The molecule has 1 N–H and O–H groups in total. The highest BCUT2D eigenvalue weighted by atomic mass is 32.2. The number of nitrogens with zero attached hydrogens (tertiary/aromatic N) is 3. The van der Waals surface area contributed by atoms with Gasteiger partial charge in [0.1, 0.15) is 15.6 Å². The third-order valence-electron chi connectivity index (χ3n) is 4.51. The van der Waals surface area contributed by atoms with Gasteiger partial charge in [-0.3, -0.25) is 4.79 Å². The predicted octanol–water partition coefficient (Wildman–Crippen LogP) is 3.37. The van der Waals surface area contributed by atoms with E-state index in [1.165, 1.54) is 14.1 Å². The maximum Gasteiger partial charge on any atom is 0.270 e. The lowest BCUT2D eigenvalue weighted by atomic mass is 10.2. The Balaban J connectivity index is 1.58. The minimum absolute atomic E-state index is 0.197. The first-order chi connectivity index (χ1) is 14.9. The summed E-state index contributed by atoms with van der Waals surface area (Å²) in [4.78, 5) is 13.7. The summed E-state index contributed by atoms with van der Waals surface area (Å²) in [6.45, 7) is 0.197. The van der Waals surface area contributed by atoms with Gasteiger partial charge in [-0.05, 0) is 36.4 Å². The van der Waals surface area contributed by atoms with Crippen LogP contribution in [-0.4, -0.2) is 42.5 Å². The summed E-state index contributed by atoms with van der Waals surface area (Å²) in [7, 11) is -0.529. The second kappa shape index (κ2) is 8.50. The van der Waals surface area contributed by atoms with Crippen LogP contribution in [0.15, 0.2) is 75.6 Å². The zero-order chi connectivity index (χ0) is 22.0. The van der Waals surface area contributed by atoms with E-state index >= 15 is 0 Å². The van der Waals surface area contributed by atoms with E-state index in [1.807, 2.05) is 30.3 Å². The third-order valence-corrected chi connectivity index (χ3v) is 7.88. The Morgan fingerprint density at radius 1 is 1.13 bits per heavy atom. The molecule has 0 aliphatic rings. The molecule has 4 aromatic rings. The molecule has 0 unspecified atom stereocenters. The largest absolute Gasteiger partial charge is 0.463 e. The van der Waals surface area contributed by atoms with E-state index in [4.69, 9.17) is 4.42 Å². The number of benzene rings is 1. The fraction of sp³-hybridized carbons (Fsp3) is 0.143. The number of thiophene rings is 1. The first kappa shape index (κ1) is 21.0. The molecule has 8 nitrogen and oxygen atoms in total. The smallest absolute Gasteiger partial charge is 0.270 e. The average molecular weight is 457 g/mol. The maximum atomic E-state index is 13.0. The molecule has 0 aliphatic heterocycles. The third kappa shape index (κ3) is 4.31. The van der Waals surface area contributed by atoms with E-state index < -0.39 is 10.0 Å². The normalized spacial score (nSPS) is 11.7. The van der Waals surface area contributed by atoms with E-state index in [-0.39, 0.29) is 16.7 Å². The van der Waals surface area contributed by atoms with Crippen molar-refractivity contribution in [2.24, 2.45) is 0 Å². The molecule has 3 aromatic heterocycles. The van der Waals surface area contributed by atoms with Gasteiger partial charge in [-0.1, -0.05) is 18.2 Å². The number of amides is 1. The van der Waals surface area contributed by atoms with Crippen molar-refractivity contribution < 1.29 is 17.6 Å². The van der Waals surface area contributed by atoms with Gasteiger partial charge in [-0.25, -0.2) is 17.4 Å². The van der Waals surface area contributed by atoms with E-state index in [2.05, 4.69) is 10.4 Å². The van der Waals surface area contributed by atoms with Crippen molar-refractivity contribution in [3.05, 3.63) is 77.5 Å². The number of furan rings is 1. The number of para-hydroxylation sites is 1. The average Bonchev–Trinajstić information content (AvgIpc) is 3.53. The molecular formula is C21H20N4O4S2. The Bertz CT molecular complexity index is 1290. The highest BCUT2D eigenvalue weighted by Crippen LogP contribution is 2.25. The monoisotopic (exact) mass is 456 g/mol. The van der Waals surface area contributed by atoms with Crippen molar-refractivity contribution in [2.75, 3.05) is 14.1 Å². The summed E-state index contributed by atoms with van der Waals surface area (Å²) in [6, 6.07) is 17.8. The van der Waals surface area contributed by atoms with Crippen molar-refractivity contribution in [2.45, 2.75) is 10.8 Å². The van der Waals surface area contributed by atoms with Gasteiger partial charge in [0.15, 0.2) is 5.76 Å². The zero-order valence-corrected chi connectivity index (χ0v) is 18.5. The number of rotatable bonds is 7. The van der Waals surface area contributed by atoms with Gasteiger partial charge in [0.25, 0.3) is 15.9 Å². The lowest BCUT2D eigenvalue weighted by Crippen LogP contribution is -2.25. The number of hydrogen-bond acceptors (Lipinski definition) is 6. The Morgan fingerprint density at radius 2 is 1.90 bits per heavy atom. The summed E-state index contributed by atoms with van der Waals surface area (Å²) in [5, 5.41) is 7.38. The lowest BCUT2D eigenvalue weighted by molar-refractivity contribution is 0.0943. The van der Waals surface area contributed by atoms with Gasteiger partial charge in [0.05, 0.1) is 18.5 Å². The molecule has 10 heteroatoms. The minimum Gasteiger partial charge on any atom is -0.463 e. The number of hydrogen-bond donors (Lipinski definition) is 1. The molecule has 0 saturated carbocycles. The van der Waals surface area contributed by atoms with Gasteiger partial charge in [-0.15, -0.1) is 11.3 Å². The second-order valence-corrected chi connectivity index (χ2v) is 10.4. The molecule has 0 aliphatic carbocycles. The number of aromatic nitrogens is 2. The van der Waals surface area contributed by atoms with Crippen LogP contribution in [0, 0.1) is 0 Å². The molecule has 1 amide bonds. The minimum atomic E-state index is -3.50. The number of carbonyl (C=O) groups is 1. The van der Waals surface area contributed by atoms with Crippen LogP contribution in [0.2, 0.25) is 0 Å². The van der Waals surface area contributed by atoms with Crippen LogP contribution < -0.4 is 5.32 Å². The van der Waals surface area contributed by atoms with Crippen molar-refractivity contribution in [3.8, 4) is 17.1 Å². The number of nitrogens with one attached hydrogen (secondary N) is 1. The van der Waals surface area contributed by atoms with Gasteiger partial charge < -0.3 is 9.73 Å². The van der Waals surface area contributed by atoms with E-state index in [1.54, 1.807) is 41.3 Å². The van der Waals surface area contributed by atoms with Crippen molar-refractivity contribution in [3.63, 3.8) is 0 Å². The predicted molar refractivity (Wildman–Crippen MR) is 118 cm³/mol. The molecule has 3 heterocycles. The molecule has 1 aromatic carbocycles. The Kier molecular flexibility index (Phi) is 5.77. The van der Waals surface area contributed by atoms with Gasteiger partial charge >= 0.3 is 0 Å². The summed E-state index contributed by atoms with van der Waals surface area (Å²) in [5.41, 5.74) is 1.62. The van der Waals surface area contributed by atoms with Crippen LogP contribution in [0.4, 0.5) is 0 Å². The highest BCUT2D eigenvalue weighted by Gasteiger charge is 2.21. The molecule has 4 rings (SSSR count). The lowest BCUT2D eigenvalue weighted by Gasteiger charge is -2.09. The Hall–Kier alpha value is -3.21. The fourth-order valence-corrected chi connectivity index (χ4v) is 5.35. The molecular weight excluding hydrogens is 436 g/mol. The number of carbonyl (C=O) groups excluding carboxylic acids is 1. The van der Waals surface area contributed by atoms with E-state index in [0.29, 0.717) is 17.1 Å². The van der Waals surface area contributed by atoms with Gasteiger partial charge in [-0.2, -0.15) is 5.10 Å². The molecule has 0 saturated heterocycles. The van der Waals surface area contributed by atoms with E-state index in [9.17, 15) is 13.2 Å². The molecule has 0 bridgehead atoms. The summed E-state index contributed by atoms with van der Waals surface area (Å²) < 4.78 is 32.9. The molecule has 0 radical (unpaired) electrons. The second-order valence-electron chi connectivity index (χ2n) is 6.83. The van der Waals surface area contributed by atoms with Crippen LogP contribution in [0.3, 0.4) is 0 Å². The quantitative estimate of drug-likeness (QED) is 0.460. The zero-order valence-electron chi connectivity index (χ0n) is 16.8. The summed E-state index contributed by atoms with van der Waals surface area (Å²) >= 11 is 1.13. The van der Waals surface area contributed by atoms with Crippen molar-refractivity contribution in [1.29, 1.82) is 0 Å². The molecule has 31 heavy (non-hydrogen) atoms. The molecule has 0 fully saturated rings. The number of sulfonamides is 1. The standard InChI is InChI=1S/C21H20N4O4S2/c1-24(2)31(27,28)20-11-10-16(30-20)14-22-21(26)18-13-17(19-9-6-12-29-19)23-25(18)15-7-4-3-5-8-15/h3-13H,14H2,1-2H3,(H,22,26). The Labute approximate surface area is 183 Å². The van der Waals surface area contributed by atoms with Gasteiger partial charge in [0, 0.05) is 25.0 Å². The fourth-order valence-electron chi connectivity index (χ4n) is 2.88. The van der Waals surface area contributed by atoms with Crippen LogP contribution in [0.25, 0.3) is 17.1 Å². The maximum absolute atomic E-state index is 13.0. The van der Waals surface area contributed by atoms with Crippen LogP contribution in [0.1, 0.15) is 15.4 Å². The van der Waals surface area contributed by atoms with Crippen LogP contribution in [0.5, 0.6) is 0 Å². The first-order valence-electron chi connectivity index (χ1n) is 9.35. The first-order valence-corrected chi connectivity index (χ1v) is 11.6.